The molecule has 0 bridgehead atoms. The predicted molar refractivity (Wildman–Crippen MR) is 85.0 cm³/mol. The molecule has 0 saturated carbocycles. The maximum absolute atomic E-state index is 13.6. The van der Waals surface area contributed by atoms with E-state index in [0.29, 0.717) is 6.54 Å². The minimum Gasteiger partial charge on any atom is -0.444 e. The molecule has 0 atom stereocenters. The van der Waals surface area contributed by atoms with E-state index in [1.54, 1.807) is 20.8 Å². The monoisotopic (exact) mass is 378 g/mol. The molecule has 0 aliphatic carbocycles. The molecule has 0 heterocycles. The quantitative estimate of drug-likeness (QED) is 0.793. The van der Waals surface area contributed by atoms with E-state index < -0.39 is 30.7 Å². The minimum absolute atomic E-state index is 0.329. The third-order valence-electron chi connectivity index (χ3n) is 2.52. The first kappa shape index (κ1) is 18.8. The molecular formula is C15H21BrF2N2O2. The van der Waals surface area contributed by atoms with E-state index >= 15 is 0 Å². The Morgan fingerprint density at radius 3 is 2.32 bits per heavy atom. The lowest BCUT2D eigenvalue weighted by molar-refractivity contribution is -0.00376. The van der Waals surface area contributed by atoms with E-state index in [2.05, 4.69) is 26.6 Å². The predicted octanol–water partition coefficient (Wildman–Crippen LogP) is 3.70. The maximum atomic E-state index is 13.6. The van der Waals surface area contributed by atoms with E-state index in [4.69, 9.17) is 4.74 Å². The Morgan fingerprint density at radius 1 is 1.18 bits per heavy atom. The lowest BCUT2D eigenvalue weighted by Gasteiger charge is -2.22. The Hall–Kier alpha value is -1.21. The van der Waals surface area contributed by atoms with Crippen molar-refractivity contribution >= 4 is 22.0 Å². The van der Waals surface area contributed by atoms with Gasteiger partial charge in [-0.1, -0.05) is 28.1 Å². The van der Waals surface area contributed by atoms with E-state index in [-0.39, 0.29) is 0 Å². The van der Waals surface area contributed by atoms with Crippen LogP contribution in [0.15, 0.2) is 28.7 Å². The fourth-order valence-corrected chi connectivity index (χ4v) is 1.83. The van der Waals surface area contributed by atoms with Gasteiger partial charge in [-0.15, -0.1) is 0 Å². The van der Waals surface area contributed by atoms with Gasteiger partial charge in [-0.3, -0.25) is 0 Å². The van der Waals surface area contributed by atoms with Crippen LogP contribution in [0.25, 0.3) is 0 Å². The van der Waals surface area contributed by atoms with Gasteiger partial charge in [-0.2, -0.15) is 0 Å². The summed E-state index contributed by atoms with van der Waals surface area (Å²) >= 11 is 3.31. The van der Waals surface area contributed by atoms with Crippen LogP contribution in [-0.4, -0.2) is 30.7 Å². The number of carbonyl (C=O) groups is 1. The molecule has 0 aliphatic rings. The third-order valence-corrected chi connectivity index (χ3v) is 3.04. The van der Waals surface area contributed by atoms with Crippen molar-refractivity contribution in [3.05, 3.63) is 34.3 Å². The first-order chi connectivity index (χ1) is 10.1. The lowest BCUT2D eigenvalue weighted by atomic mass is 10.2. The number of hydrogen-bond acceptors (Lipinski definition) is 3. The molecule has 1 amide bonds. The number of carbonyl (C=O) groups excluding carboxylic acids is 1. The Morgan fingerprint density at radius 2 is 1.77 bits per heavy atom. The molecule has 0 aromatic heterocycles. The summed E-state index contributed by atoms with van der Waals surface area (Å²) in [5.41, 5.74) is 0.193. The molecule has 22 heavy (non-hydrogen) atoms. The van der Waals surface area contributed by atoms with Gasteiger partial charge in [0.25, 0.3) is 5.92 Å². The molecule has 0 aliphatic heterocycles. The second-order valence-corrected chi connectivity index (χ2v) is 6.86. The van der Waals surface area contributed by atoms with Crippen LogP contribution in [0.2, 0.25) is 0 Å². The van der Waals surface area contributed by atoms with Gasteiger partial charge >= 0.3 is 6.09 Å². The van der Waals surface area contributed by atoms with Crippen LogP contribution in [0.1, 0.15) is 26.3 Å². The second kappa shape index (κ2) is 7.87. The van der Waals surface area contributed by atoms with Gasteiger partial charge in [0, 0.05) is 11.0 Å². The van der Waals surface area contributed by atoms with Gasteiger partial charge in [0.05, 0.1) is 13.1 Å². The molecule has 0 fully saturated rings. The van der Waals surface area contributed by atoms with Crippen molar-refractivity contribution in [1.29, 1.82) is 0 Å². The van der Waals surface area contributed by atoms with Crippen molar-refractivity contribution in [2.75, 3.05) is 13.1 Å². The number of ether oxygens (including phenoxy) is 1. The molecular weight excluding hydrogens is 358 g/mol. The Bertz CT molecular complexity index is 487. The average molecular weight is 379 g/mol. The summed E-state index contributed by atoms with van der Waals surface area (Å²) in [6, 6.07) is 7.38. The molecule has 1 aromatic carbocycles. The normalized spacial score (nSPS) is 12.1. The summed E-state index contributed by atoms with van der Waals surface area (Å²) in [5.74, 6) is -3.05. The number of halogens is 3. The second-order valence-electron chi connectivity index (χ2n) is 5.94. The van der Waals surface area contributed by atoms with Crippen molar-refractivity contribution in [3.8, 4) is 0 Å². The van der Waals surface area contributed by atoms with Crippen LogP contribution in [0.3, 0.4) is 0 Å². The zero-order valence-corrected chi connectivity index (χ0v) is 14.5. The number of alkyl carbamates (subject to hydrolysis) is 1. The van der Waals surface area contributed by atoms with Gasteiger partial charge in [0.2, 0.25) is 0 Å². The number of amides is 1. The zero-order valence-electron chi connectivity index (χ0n) is 12.9. The summed E-state index contributed by atoms with van der Waals surface area (Å²) in [5, 5.41) is 4.75. The topological polar surface area (TPSA) is 50.4 Å². The van der Waals surface area contributed by atoms with Crippen LogP contribution in [0.4, 0.5) is 13.6 Å². The van der Waals surface area contributed by atoms with Crippen LogP contribution in [0.5, 0.6) is 0 Å². The zero-order chi connectivity index (χ0) is 16.8. The number of nitrogens with one attached hydrogen (secondary N) is 2. The highest BCUT2D eigenvalue weighted by atomic mass is 79.9. The Labute approximate surface area is 137 Å². The third kappa shape index (κ3) is 8.29. The number of benzene rings is 1. The largest absolute Gasteiger partial charge is 0.444 e. The molecule has 7 heteroatoms. The Balaban J connectivity index is 2.31. The fourth-order valence-electron chi connectivity index (χ4n) is 1.57. The SMILES string of the molecule is CC(C)(C)OC(=O)NCC(F)(F)CNCc1ccc(Br)cc1. The molecule has 124 valence electrons. The summed E-state index contributed by atoms with van der Waals surface area (Å²) < 4.78 is 33.1. The number of alkyl halides is 2. The van der Waals surface area contributed by atoms with Crippen molar-refractivity contribution in [3.63, 3.8) is 0 Å². The standard InChI is InChI=1S/C15H21BrF2N2O2/c1-14(2,3)22-13(21)20-10-15(17,18)9-19-8-11-4-6-12(16)7-5-11/h4-7,19H,8-10H2,1-3H3,(H,20,21). The molecule has 1 rings (SSSR count). The summed E-state index contributed by atoms with van der Waals surface area (Å²) in [7, 11) is 0. The van der Waals surface area contributed by atoms with E-state index in [1.165, 1.54) is 0 Å². The maximum Gasteiger partial charge on any atom is 0.407 e. The highest BCUT2D eigenvalue weighted by molar-refractivity contribution is 9.10. The Kier molecular flexibility index (Phi) is 6.74. The summed E-state index contributed by atoms with van der Waals surface area (Å²) in [6.45, 7) is 4.04. The van der Waals surface area contributed by atoms with E-state index in [9.17, 15) is 13.6 Å². The van der Waals surface area contributed by atoms with Gasteiger partial charge in [0.1, 0.15) is 5.60 Å². The van der Waals surface area contributed by atoms with Gasteiger partial charge in [-0.05, 0) is 38.5 Å². The van der Waals surface area contributed by atoms with Gasteiger partial charge < -0.3 is 15.4 Å². The first-order valence-electron chi connectivity index (χ1n) is 6.87. The van der Waals surface area contributed by atoms with Crippen LogP contribution in [0, 0.1) is 0 Å². The smallest absolute Gasteiger partial charge is 0.407 e. The summed E-state index contributed by atoms with van der Waals surface area (Å²) in [6.07, 6.45) is -0.847. The molecule has 0 radical (unpaired) electrons. The molecule has 4 nitrogen and oxygen atoms in total. The van der Waals surface area contributed by atoms with Gasteiger partial charge in [0.15, 0.2) is 0 Å². The van der Waals surface area contributed by atoms with Crippen molar-refractivity contribution in [1.82, 2.24) is 10.6 Å². The minimum atomic E-state index is -3.05. The average Bonchev–Trinajstić information content (AvgIpc) is 2.37. The van der Waals surface area contributed by atoms with Crippen LogP contribution in [-0.2, 0) is 11.3 Å². The van der Waals surface area contributed by atoms with Gasteiger partial charge in [-0.25, -0.2) is 13.6 Å². The number of rotatable bonds is 6. The molecule has 0 spiro atoms. The summed E-state index contributed by atoms with van der Waals surface area (Å²) in [4.78, 5) is 11.3. The highest BCUT2D eigenvalue weighted by Gasteiger charge is 2.30. The van der Waals surface area contributed by atoms with E-state index in [1.807, 2.05) is 24.3 Å². The molecule has 1 aromatic rings. The fraction of sp³-hybridized carbons (Fsp3) is 0.533. The van der Waals surface area contributed by atoms with Crippen molar-refractivity contribution < 1.29 is 18.3 Å². The lowest BCUT2D eigenvalue weighted by Crippen LogP contribution is -2.44. The van der Waals surface area contributed by atoms with E-state index in [0.717, 1.165) is 10.0 Å². The van der Waals surface area contributed by atoms with Crippen molar-refractivity contribution in [2.45, 2.75) is 38.8 Å². The van der Waals surface area contributed by atoms with Crippen molar-refractivity contribution in [2.24, 2.45) is 0 Å². The molecule has 0 saturated heterocycles. The van der Waals surface area contributed by atoms with Crippen LogP contribution < -0.4 is 10.6 Å². The molecule has 2 N–H and O–H groups in total. The highest BCUT2D eigenvalue weighted by Crippen LogP contribution is 2.13. The first-order valence-corrected chi connectivity index (χ1v) is 7.67. The molecule has 0 unspecified atom stereocenters. The number of hydrogen-bond donors (Lipinski definition) is 2. The van der Waals surface area contributed by atoms with Crippen LogP contribution >= 0.6 is 15.9 Å².